The van der Waals surface area contributed by atoms with Gasteiger partial charge in [0.2, 0.25) is 0 Å². The lowest BCUT2D eigenvalue weighted by Gasteiger charge is -1.95. The van der Waals surface area contributed by atoms with E-state index < -0.39 is 5.97 Å². The van der Waals surface area contributed by atoms with Gasteiger partial charge in [0.15, 0.2) is 0 Å². The second-order valence-electron chi connectivity index (χ2n) is 2.16. The Morgan fingerprint density at radius 2 is 1.90 bits per heavy atom. The first kappa shape index (κ1) is 12.1. The van der Waals surface area contributed by atoms with Crippen LogP contribution in [0.15, 0.2) is 0 Å². The molecule has 0 saturated carbocycles. The molecule has 3 nitrogen and oxygen atoms in total. The van der Waals surface area contributed by atoms with Crippen LogP contribution in [0, 0.1) is 0 Å². The molecule has 0 aromatic carbocycles. The summed E-state index contributed by atoms with van der Waals surface area (Å²) in [5, 5.41) is 16.0. The van der Waals surface area contributed by atoms with Crippen molar-refractivity contribution in [2.45, 2.75) is 39.7 Å². The van der Waals surface area contributed by atoms with E-state index in [9.17, 15) is 0 Å². The Balaban J connectivity index is 0. The molecule has 62 valence electrons. The quantitative estimate of drug-likeness (QED) is 0.619. The predicted molar refractivity (Wildman–Crippen MR) is 39.9 cm³/mol. The standard InChI is InChI=1S/C5H12O.C2H4O2/c1-3-4-5(2)6;1-2(3)4/h5-6H,3-4H2,1-2H3;1H3,(H,3,4)/t5-;/m0./s1. The van der Waals surface area contributed by atoms with Crippen molar-refractivity contribution in [1.29, 1.82) is 0 Å². The molecule has 0 aromatic heterocycles. The van der Waals surface area contributed by atoms with Gasteiger partial charge in [0.25, 0.3) is 5.97 Å². The smallest absolute Gasteiger partial charge is 0.300 e. The Bertz CT molecular complexity index is 74.9. The number of carboxylic acids is 1. The van der Waals surface area contributed by atoms with Crippen LogP contribution in [-0.4, -0.2) is 22.3 Å². The Morgan fingerprint density at radius 3 is 1.90 bits per heavy atom. The van der Waals surface area contributed by atoms with E-state index in [1.807, 2.05) is 6.92 Å². The first-order valence-corrected chi connectivity index (χ1v) is 3.38. The summed E-state index contributed by atoms with van der Waals surface area (Å²) in [6.45, 7) is 4.95. The molecule has 0 heterocycles. The van der Waals surface area contributed by atoms with Gasteiger partial charge in [0.05, 0.1) is 6.10 Å². The number of rotatable bonds is 2. The molecule has 0 aliphatic rings. The van der Waals surface area contributed by atoms with Crippen molar-refractivity contribution < 1.29 is 15.0 Å². The van der Waals surface area contributed by atoms with Crippen LogP contribution in [0.4, 0.5) is 0 Å². The van der Waals surface area contributed by atoms with Gasteiger partial charge in [-0.15, -0.1) is 0 Å². The second-order valence-corrected chi connectivity index (χ2v) is 2.16. The zero-order chi connectivity index (χ0) is 8.57. The molecule has 0 aliphatic carbocycles. The van der Waals surface area contributed by atoms with Gasteiger partial charge in [0, 0.05) is 6.92 Å². The fraction of sp³-hybridized carbons (Fsp3) is 0.857. The zero-order valence-electron chi connectivity index (χ0n) is 6.79. The largest absolute Gasteiger partial charge is 0.481 e. The Kier molecular flexibility index (Phi) is 10.2. The van der Waals surface area contributed by atoms with Crippen molar-refractivity contribution in [3.05, 3.63) is 0 Å². The first-order valence-electron chi connectivity index (χ1n) is 3.38. The molecule has 0 aliphatic heterocycles. The fourth-order valence-corrected chi connectivity index (χ4v) is 0.418. The van der Waals surface area contributed by atoms with E-state index in [1.54, 1.807) is 0 Å². The summed E-state index contributed by atoms with van der Waals surface area (Å²) in [6.07, 6.45) is 1.91. The lowest BCUT2D eigenvalue weighted by atomic mass is 10.2. The van der Waals surface area contributed by atoms with Crippen molar-refractivity contribution in [3.8, 4) is 0 Å². The van der Waals surface area contributed by atoms with Crippen molar-refractivity contribution in [2.75, 3.05) is 0 Å². The van der Waals surface area contributed by atoms with Crippen molar-refractivity contribution in [3.63, 3.8) is 0 Å². The molecule has 0 unspecified atom stereocenters. The third-order valence-electron chi connectivity index (χ3n) is 0.706. The number of aliphatic carboxylic acids is 1. The summed E-state index contributed by atoms with van der Waals surface area (Å²) >= 11 is 0. The lowest BCUT2D eigenvalue weighted by Crippen LogP contribution is -1.95. The number of aliphatic hydroxyl groups excluding tert-OH is 1. The van der Waals surface area contributed by atoms with E-state index in [2.05, 4.69) is 6.92 Å². The topological polar surface area (TPSA) is 57.5 Å². The molecule has 0 aromatic rings. The summed E-state index contributed by atoms with van der Waals surface area (Å²) in [4.78, 5) is 9.00. The zero-order valence-corrected chi connectivity index (χ0v) is 6.79. The molecular formula is C7H16O3. The molecule has 2 N–H and O–H groups in total. The van der Waals surface area contributed by atoms with Crippen LogP contribution in [-0.2, 0) is 4.79 Å². The van der Waals surface area contributed by atoms with E-state index in [0.29, 0.717) is 0 Å². The highest BCUT2D eigenvalue weighted by molar-refractivity contribution is 5.62. The van der Waals surface area contributed by atoms with E-state index in [1.165, 1.54) is 0 Å². The lowest BCUT2D eigenvalue weighted by molar-refractivity contribution is -0.134. The highest BCUT2D eigenvalue weighted by Crippen LogP contribution is 1.91. The van der Waals surface area contributed by atoms with E-state index in [4.69, 9.17) is 15.0 Å². The minimum atomic E-state index is -0.833. The maximum atomic E-state index is 9.00. The van der Waals surface area contributed by atoms with Gasteiger partial charge in [-0.05, 0) is 13.3 Å². The molecule has 0 saturated heterocycles. The third kappa shape index (κ3) is 52.0. The molecular weight excluding hydrogens is 132 g/mol. The number of aliphatic hydroxyl groups is 1. The van der Waals surface area contributed by atoms with Crippen molar-refractivity contribution >= 4 is 5.97 Å². The maximum Gasteiger partial charge on any atom is 0.300 e. The monoisotopic (exact) mass is 148 g/mol. The van der Waals surface area contributed by atoms with Gasteiger partial charge >= 0.3 is 0 Å². The molecule has 0 amide bonds. The summed E-state index contributed by atoms with van der Waals surface area (Å²) in [7, 11) is 0. The molecule has 0 fully saturated rings. The molecule has 3 heteroatoms. The number of carboxylic acid groups (broad SMARTS) is 1. The number of hydrogen-bond donors (Lipinski definition) is 2. The van der Waals surface area contributed by atoms with Gasteiger partial charge in [-0.1, -0.05) is 13.3 Å². The van der Waals surface area contributed by atoms with E-state index in [0.717, 1.165) is 19.8 Å². The Hall–Kier alpha value is -0.570. The number of carbonyl (C=O) groups is 1. The minimum absolute atomic E-state index is 0.102. The van der Waals surface area contributed by atoms with E-state index in [-0.39, 0.29) is 6.10 Å². The highest BCUT2D eigenvalue weighted by Gasteiger charge is 1.87. The molecule has 1 atom stereocenters. The highest BCUT2D eigenvalue weighted by atomic mass is 16.4. The summed E-state index contributed by atoms with van der Waals surface area (Å²) in [5.74, 6) is -0.833. The first-order chi connectivity index (χ1) is 4.50. The predicted octanol–water partition coefficient (Wildman–Crippen LogP) is 1.26. The second kappa shape index (κ2) is 8.43. The Morgan fingerprint density at radius 1 is 1.60 bits per heavy atom. The normalized spacial score (nSPS) is 11.2. The third-order valence-corrected chi connectivity index (χ3v) is 0.706. The van der Waals surface area contributed by atoms with Gasteiger partial charge < -0.3 is 10.2 Å². The van der Waals surface area contributed by atoms with Crippen LogP contribution in [0.5, 0.6) is 0 Å². The molecule has 10 heavy (non-hydrogen) atoms. The maximum absolute atomic E-state index is 9.00. The van der Waals surface area contributed by atoms with Crippen LogP contribution in [0.3, 0.4) is 0 Å². The molecule has 0 radical (unpaired) electrons. The van der Waals surface area contributed by atoms with Crippen LogP contribution in [0.25, 0.3) is 0 Å². The molecule has 0 bridgehead atoms. The average molecular weight is 148 g/mol. The van der Waals surface area contributed by atoms with Gasteiger partial charge in [-0.3, -0.25) is 4.79 Å². The van der Waals surface area contributed by atoms with Crippen LogP contribution < -0.4 is 0 Å². The van der Waals surface area contributed by atoms with Gasteiger partial charge in [-0.2, -0.15) is 0 Å². The van der Waals surface area contributed by atoms with E-state index >= 15 is 0 Å². The van der Waals surface area contributed by atoms with Crippen molar-refractivity contribution in [1.82, 2.24) is 0 Å². The molecule has 0 spiro atoms. The SMILES string of the molecule is CC(=O)O.CCC[C@H](C)O. The van der Waals surface area contributed by atoms with Gasteiger partial charge in [-0.25, -0.2) is 0 Å². The fourth-order valence-electron chi connectivity index (χ4n) is 0.418. The summed E-state index contributed by atoms with van der Waals surface area (Å²) in [5.41, 5.74) is 0. The number of hydrogen-bond acceptors (Lipinski definition) is 2. The summed E-state index contributed by atoms with van der Waals surface area (Å²) < 4.78 is 0. The minimum Gasteiger partial charge on any atom is -0.481 e. The van der Waals surface area contributed by atoms with Crippen LogP contribution in [0.2, 0.25) is 0 Å². The molecule has 0 rings (SSSR count). The average Bonchev–Trinajstić information content (AvgIpc) is 1.62. The van der Waals surface area contributed by atoms with Gasteiger partial charge in [0.1, 0.15) is 0 Å². The van der Waals surface area contributed by atoms with Crippen molar-refractivity contribution in [2.24, 2.45) is 0 Å². The van der Waals surface area contributed by atoms with Crippen LogP contribution in [0.1, 0.15) is 33.6 Å². The summed E-state index contributed by atoms with van der Waals surface area (Å²) in [6, 6.07) is 0. The Labute approximate surface area is 61.7 Å². The van der Waals surface area contributed by atoms with Crippen LogP contribution >= 0.6 is 0 Å².